The number of hydrogen-bond donors (Lipinski definition) is 2. The maximum atomic E-state index is 13.3. The summed E-state index contributed by atoms with van der Waals surface area (Å²) in [6, 6.07) is 13.3. The molecule has 0 spiro atoms. The predicted octanol–water partition coefficient (Wildman–Crippen LogP) is 4.54. The second-order valence-electron chi connectivity index (χ2n) is 10.2. The number of sulfonamides is 1. The van der Waals surface area contributed by atoms with Crippen LogP contribution in [0.2, 0.25) is 0 Å². The van der Waals surface area contributed by atoms with Crippen molar-refractivity contribution in [1.82, 2.24) is 5.16 Å². The normalized spacial score (nSPS) is 14.2. The summed E-state index contributed by atoms with van der Waals surface area (Å²) in [5, 5.41) is 3.81. The summed E-state index contributed by atoms with van der Waals surface area (Å²) >= 11 is 0. The van der Waals surface area contributed by atoms with Crippen LogP contribution in [-0.4, -0.2) is 43.0 Å². The number of nitrogens with two attached hydrogens (primary N) is 1. The third-order valence-corrected chi connectivity index (χ3v) is 8.30. The van der Waals surface area contributed by atoms with Crippen LogP contribution in [0.3, 0.4) is 0 Å². The van der Waals surface area contributed by atoms with E-state index < -0.39 is 22.0 Å². The number of anilines is 1. The van der Waals surface area contributed by atoms with Crippen molar-refractivity contribution in [3.63, 3.8) is 0 Å². The van der Waals surface area contributed by atoms with Crippen molar-refractivity contribution in [2.24, 2.45) is 11.7 Å². The first-order chi connectivity index (χ1) is 17.8. The number of quaternary nitrogens is 1. The molecule has 9 nitrogen and oxygen atoms in total. The number of nitrogens with zero attached hydrogens (tertiary/aromatic N) is 2. The maximum Gasteiger partial charge on any atom is 0.314 e. The number of rotatable bonds is 11. The molecule has 10 heteroatoms. The first-order valence-corrected chi connectivity index (χ1v) is 14.1. The van der Waals surface area contributed by atoms with Gasteiger partial charge in [0.05, 0.1) is 24.1 Å². The average Bonchev–Trinajstić information content (AvgIpc) is 3.15. The Kier molecular flexibility index (Phi) is 8.79. The van der Waals surface area contributed by atoms with Crippen molar-refractivity contribution in [3.05, 3.63) is 65.4 Å². The Hall–Kier alpha value is -3.50. The number of hydrogen-bond acceptors (Lipinski definition) is 6. The third-order valence-electron chi connectivity index (χ3n) is 6.91. The van der Waals surface area contributed by atoms with Gasteiger partial charge >= 0.3 is 5.91 Å². The highest BCUT2D eigenvalue weighted by molar-refractivity contribution is 7.92. The predicted molar refractivity (Wildman–Crippen MR) is 146 cm³/mol. The monoisotopic (exact) mass is 541 g/mol. The van der Waals surface area contributed by atoms with Crippen LogP contribution in [-0.2, 0) is 26.2 Å². The van der Waals surface area contributed by atoms with Gasteiger partial charge in [-0.15, -0.1) is 0 Å². The van der Waals surface area contributed by atoms with Gasteiger partial charge in [-0.3, -0.25) is 4.79 Å². The van der Waals surface area contributed by atoms with Crippen molar-refractivity contribution in [2.45, 2.75) is 64.9 Å². The van der Waals surface area contributed by atoms with E-state index in [2.05, 4.69) is 9.88 Å². The number of nitrogens with one attached hydrogen (secondary N) is 1. The number of aryl methyl sites for hydroxylation is 1. The molecule has 204 valence electrons. The minimum Gasteiger partial charge on any atom is -0.364 e. The molecule has 1 heterocycles. The summed E-state index contributed by atoms with van der Waals surface area (Å²) in [4.78, 5) is 25.7. The van der Waals surface area contributed by atoms with Crippen LogP contribution in [0, 0.1) is 19.8 Å². The lowest BCUT2D eigenvalue weighted by molar-refractivity contribution is -0.868. The third kappa shape index (κ3) is 5.97. The van der Waals surface area contributed by atoms with Gasteiger partial charge in [0, 0.05) is 22.6 Å². The van der Waals surface area contributed by atoms with Gasteiger partial charge in [-0.2, -0.15) is 0 Å². The number of carbonyl (C=O) groups is 2. The molecule has 0 aliphatic rings. The molecule has 3 aromatic rings. The standard InChI is InChI=1S/C28H36N4O5S/c1-7-10-25(33)32(6,26(18(2)3)27(29)34)17-21-13-15-22(16-14-21)23-11-8-9-12-24(23)38(35,36)31-28-19(4)20(5)30-37-28/h8-9,11-16,18,26H,7,10,17H2,1-6H3,(H2-,29,30,31,34)/p+1/t26-,32?/m0/s1. The first kappa shape index (κ1) is 29.1. The molecule has 0 fully saturated rings. The van der Waals surface area contributed by atoms with E-state index in [4.69, 9.17) is 10.3 Å². The largest absolute Gasteiger partial charge is 0.364 e. The van der Waals surface area contributed by atoms with E-state index in [0.717, 1.165) is 5.56 Å². The number of benzene rings is 2. The van der Waals surface area contributed by atoms with E-state index in [1.165, 1.54) is 6.07 Å². The molecule has 0 radical (unpaired) electrons. The van der Waals surface area contributed by atoms with Crippen molar-refractivity contribution >= 4 is 27.7 Å². The van der Waals surface area contributed by atoms with E-state index >= 15 is 0 Å². The number of primary amides is 1. The Morgan fingerprint density at radius 1 is 1.08 bits per heavy atom. The van der Waals surface area contributed by atoms with Crippen molar-refractivity contribution in [1.29, 1.82) is 0 Å². The zero-order valence-corrected chi connectivity index (χ0v) is 23.6. The SMILES string of the molecule is CCCC(=O)[N+](C)(Cc1ccc(-c2ccccc2S(=O)(=O)Nc2onc(C)c2C)cc1)[C@H](C(N)=O)C(C)C. The molecular formula is C28H37N4O5S+. The van der Waals surface area contributed by atoms with Crippen LogP contribution < -0.4 is 10.5 Å². The van der Waals surface area contributed by atoms with Crippen LogP contribution in [0.4, 0.5) is 5.88 Å². The molecule has 0 aliphatic heterocycles. The second kappa shape index (κ2) is 11.5. The Morgan fingerprint density at radius 2 is 1.71 bits per heavy atom. The zero-order chi connectivity index (χ0) is 28.3. The Morgan fingerprint density at radius 3 is 2.24 bits per heavy atom. The van der Waals surface area contributed by atoms with Crippen LogP contribution >= 0.6 is 0 Å². The van der Waals surface area contributed by atoms with Gasteiger partial charge in [0.1, 0.15) is 6.54 Å². The van der Waals surface area contributed by atoms with Gasteiger partial charge in [-0.25, -0.2) is 22.4 Å². The van der Waals surface area contributed by atoms with E-state index in [1.807, 2.05) is 45.0 Å². The van der Waals surface area contributed by atoms with Gasteiger partial charge < -0.3 is 10.3 Å². The second-order valence-corrected chi connectivity index (χ2v) is 11.8. The van der Waals surface area contributed by atoms with Crippen molar-refractivity contribution in [2.75, 3.05) is 11.8 Å². The minimum atomic E-state index is -3.97. The summed E-state index contributed by atoms with van der Waals surface area (Å²) in [5.41, 5.74) is 9.00. The van der Waals surface area contributed by atoms with E-state index in [-0.39, 0.29) is 33.6 Å². The smallest absolute Gasteiger partial charge is 0.314 e. The fourth-order valence-electron chi connectivity index (χ4n) is 4.87. The van der Waals surface area contributed by atoms with Gasteiger partial charge in [-0.05, 0) is 31.9 Å². The molecule has 0 aliphatic carbocycles. The molecule has 2 aromatic carbocycles. The van der Waals surface area contributed by atoms with E-state index in [1.54, 1.807) is 39.1 Å². The first-order valence-electron chi connectivity index (χ1n) is 12.6. The Bertz CT molecular complexity index is 1410. The summed E-state index contributed by atoms with van der Waals surface area (Å²) in [6.45, 7) is 9.46. The van der Waals surface area contributed by atoms with Gasteiger partial charge in [0.15, 0.2) is 6.04 Å². The van der Waals surface area contributed by atoms with E-state index in [9.17, 15) is 18.0 Å². The molecular weight excluding hydrogens is 504 g/mol. The van der Waals surface area contributed by atoms with Crippen LogP contribution in [0.1, 0.15) is 50.4 Å². The highest BCUT2D eigenvalue weighted by Crippen LogP contribution is 2.31. The lowest BCUT2D eigenvalue weighted by atomic mass is 9.96. The summed E-state index contributed by atoms with van der Waals surface area (Å²) in [5.74, 6) is -0.600. The topological polar surface area (TPSA) is 132 Å². The molecule has 0 saturated heterocycles. The Balaban J connectivity index is 1.96. The number of aromatic nitrogens is 1. The summed E-state index contributed by atoms with van der Waals surface area (Å²) in [7, 11) is -2.21. The highest BCUT2D eigenvalue weighted by Gasteiger charge is 2.44. The molecule has 1 unspecified atom stereocenters. The Labute approximate surface area is 224 Å². The quantitative estimate of drug-likeness (QED) is 0.343. The van der Waals surface area contributed by atoms with Crippen molar-refractivity contribution < 1.29 is 27.0 Å². The van der Waals surface area contributed by atoms with Crippen LogP contribution in [0.25, 0.3) is 11.1 Å². The molecule has 0 bridgehead atoms. The lowest BCUT2D eigenvalue weighted by Crippen LogP contribution is -2.62. The molecule has 1 aromatic heterocycles. The highest BCUT2D eigenvalue weighted by atomic mass is 32.2. The lowest BCUT2D eigenvalue weighted by Gasteiger charge is -2.39. The minimum absolute atomic E-state index is 0.0467. The van der Waals surface area contributed by atoms with Crippen LogP contribution in [0.5, 0.6) is 0 Å². The molecule has 3 N–H and O–H groups in total. The fourth-order valence-corrected chi connectivity index (χ4v) is 6.15. The molecule has 38 heavy (non-hydrogen) atoms. The molecule has 3 rings (SSSR count). The molecule has 2 amide bonds. The zero-order valence-electron chi connectivity index (χ0n) is 22.8. The molecule has 0 saturated carbocycles. The fraction of sp³-hybridized carbons (Fsp3) is 0.393. The average molecular weight is 542 g/mol. The summed E-state index contributed by atoms with van der Waals surface area (Å²) < 4.78 is 34.1. The molecule has 2 atom stereocenters. The number of amides is 2. The number of carbonyl (C=O) groups excluding carboxylic acids is 2. The maximum absolute atomic E-state index is 13.3. The summed E-state index contributed by atoms with van der Waals surface area (Å²) in [6.07, 6.45) is 1.01. The van der Waals surface area contributed by atoms with Crippen molar-refractivity contribution in [3.8, 4) is 11.1 Å². The van der Waals surface area contributed by atoms with Crippen LogP contribution in [0.15, 0.2) is 57.9 Å². The van der Waals surface area contributed by atoms with Gasteiger partial charge in [0.25, 0.3) is 15.9 Å². The number of likely N-dealkylation sites (N-methyl/N-ethyl adjacent to an activating group) is 1. The van der Waals surface area contributed by atoms with E-state index in [0.29, 0.717) is 35.2 Å². The van der Waals surface area contributed by atoms with Gasteiger partial charge in [-0.1, -0.05) is 68.4 Å². The van der Waals surface area contributed by atoms with Gasteiger partial charge in [0.2, 0.25) is 5.88 Å².